The van der Waals surface area contributed by atoms with Gasteiger partial charge in [0.1, 0.15) is 0 Å². The van der Waals surface area contributed by atoms with Crippen molar-refractivity contribution in [1.82, 2.24) is 9.80 Å². The summed E-state index contributed by atoms with van der Waals surface area (Å²) in [6.45, 7) is 7.03. The van der Waals surface area contributed by atoms with Gasteiger partial charge in [0.05, 0.1) is 0 Å². The first-order valence-electron chi connectivity index (χ1n) is 9.59. The summed E-state index contributed by atoms with van der Waals surface area (Å²) in [4.78, 5) is 5.04. The van der Waals surface area contributed by atoms with Crippen molar-refractivity contribution in [3.63, 3.8) is 0 Å². The highest BCUT2D eigenvalue weighted by atomic mass is 15.2. The zero-order chi connectivity index (χ0) is 16.2. The minimum absolute atomic E-state index is 0.963. The molecule has 1 aromatic rings. The highest BCUT2D eigenvalue weighted by Crippen LogP contribution is 2.48. The van der Waals surface area contributed by atoms with E-state index in [0.717, 1.165) is 37.3 Å². The number of rotatable bonds is 8. The lowest BCUT2D eigenvalue weighted by atomic mass is 9.88. The van der Waals surface area contributed by atoms with Gasteiger partial charge in [0.15, 0.2) is 0 Å². The molecule has 1 aromatic carbocycles. The molecule has 0 heterocycles. The van der Waals surface area contributed by atoms with E-state index < -0.39 is 0 Å². The van der Waals surface area contributed by atoms with Crippen molar-refractivity contribution in [2.75, 3.05) is 33.7 Å². The van der Waals surface area contributed by atoms with Gasteiger partial charge in [-0.25, -0.2) is 0 Å². The Morgan fingerprint density at radius 1 is 1.04 bits per heavy atom. The summed E-state index contributed by atoms with van der Waals surface area (Å²) in [6.07, 6.45) is 7.17. The Morgan fingerprint density at radius 3 is 2.52 bits per heavy atom. The Hall–Kier alpha value is -0.860. The SMILES string of the molecule is CCc1cccc(CN(CCN(C)C)CC2CC3CCC2C3)c1. The summed E-state index contributed by atoms with van der Waals surface area (Å²) in [6, 6.07) is 9.20. The van der Waals surface area contributed by atoms with E-state index in [-0.39, 0.29) is 0 Å². The molecule has 0 aliphatic heterocycles. The maximum Gasteiger partial charge on any atom is 0.0234 e. The molecule has 0 aromatic heterocycles. The van der Waals surface area contributed by atoms with Crippen LogP contribution in [-0.4, -0.2) is 43.5 Å². The van der Waals surface area contributed by atoms with Crippen molar-refractivity contribution < 1.29 is 0 Å². The third kappa shape index (κ3) is 4.58. The van der Waals surface area contributed by atoms with Crippen LogP contribution in [0.1, 0.15) is 43.7 Å². The van der Waals surface area contributed by atoms with Crippen LogP contribution in [0.4, 0.5) is 0 Å². The molecule has 0 N–H and O–H groups in total. The molecule has 2 fully saturated rings. The fourth-order valence-corrected chi connectivity index (χ4v) is 4.71. The number of benzene rings is 1. The van der Waals surface area contributed by atoms with Gasteiger partial charge in [-0.3, -0.25) is 4.90 Å². The van der Waals surface area contributed by atoms with E-state index in [1.54, 1.807) is 0 Å². The van der Waals surface area contributed by atoms with Crippen LogP contribution in [0.15, 0.2) is 24.3 Å². The molecule has 0 radical (unpaired) electrons. The van der Waals surface area contributed by atoms with Crippen molar-refractivity contribution in [1.29, 1.82) is 0 Å². The van der Waals surface area contributed by atoms with Gasteiger partial charge in [0.2, 0.25) is 0 Å². The molecule has 128 valence electrons. The van der Waals surface area contributed by atoms with Crippen LogP contribution < -0.4 is 0 Å². The molecular weight excluding hydrogens is 280 g/mol. The summed E-state index contributed by atoms with van der Waals surface area (Å²) in [5.74, 6) is 3.05. The smallest absolute Gasteiger partial charge is 0.0234 e. The van der Waals surface area contributed by atoms with E-state index in [1.807, 2.05) is 0 Å². The van der Waals surface area contributed by atoms with Crippen LogP contribution in [0.5, 0.6) is 0 Å². The molecule has 0 saturated heterocycles. The Bertz CT molecular complexity index is 496. The van der Waals surface area contributed by atoms with Gasteiger partial charge in [-0.15, -0.1) is 0 Å². The quantitative estimate of drug-likeness (QED) is 0.714. The highest BCUT2D eigenvalue weighted by molar-refractivity contribution is 5.23. The van der Waals surface area contributed by atoms with Crippen molar-refractivity contribution in [2.24, 2.45) is 17.8 Å². The third-order valence-electron chi connectivity index (χ3n) is 6.05. The maximum absolute atomic E-state index is 2.72. The zero-order valence-electron chi connectivity index (χ0n) is 15.3. The van der Waals surface area contributed by atoms with E-state index >= 15 is 0 Å². The molecule has 2 bridgehead atoms. The fraction of sp³-hybridized carbons (Fsp3) is 0.714. The number of hydrogen-bond donors (Lipinski definition) is 0. The molecule has 2 heteroatoms. The molecule has 2 nitrogen and oxygen atoms in total. The second kappa shape index (κ2) is 7.81. The number of nitrogens with zero attached hydrogens (tertiary/aromatic N) is 2. The van der Waals surface area contributed by atoms with E-state index in [9.17, 15) is 0 Å². The van der Waals surface area contributed by atoms with Crippen LogP contribution in [0.25, 0.3) is 0 Å². The zero-order valence-corrected chi connectivity index (χ0v) is 15.3. The monoisotopic (exact) mass is 314 g/mol. The molecule has 23 heavy (non-hydrogen) atoms. The van der Waals surface area contributed by atoms with Crippen LogP contribution in [-0.2, 0) is 13.0 Å². The van der Waals surface area contributed by atoms with Crippen LogP contribution in [0.3, 0.4) is 0 Å². The Kier molecular flexibility index (Phi) is 5.76. The Morgan fingerprint density at radius 2 is 1.87 bits per heavy atom. The Labute approximate surface area is 142 Å². The molecule has 0 spiro atoms. The summed E-state index contributed by atoms with van der Waals surface area (Å²) in [5, 5.41) is 0. The number of likely N-dealkylation sites (N-methyl/N-ethyl adjacent to an activating group) is 1. The van der Waals surface area contributed by atoms with Gasteiger partial charge in [-0.1, -0.05) is 37.6 Å². The molecule has 2 aliphatic rings. The normalized spacial score (nSPS) is 26.6. The molecule has 3 atom stereocenters. The summed E-state index contributed by atoms with van der Waals surface area (Å²) in [7, 11) is 4.38. The van der Waals surface area contributed by atoms with E-state index in [2.05, 4.69) is 55.1 Å². The molecule has 2 saturated carbocycles. The van der Waals surface area contributed by atoms with Crippen LogP contribution in [0.2, 0.25) is 0 Å². The average molecular weight is 315 g/mol. The number of fused-ring (bicyclic) bond motifs is 2. The van der Waals surface area contributed by atoms with Gasteiger partial charge in [-0.05, 0) is 68.7 Å². The summed E-state index contributed by atoms with van der Waals surface area (Å²) < 4.78 is 0. The molecule has 0 amide bonds. The summed E-state index contributed by atoms with van der Waals surface area (Å²) >= 11 is 0. The fourth-order valence-electron chi connectivity index (χ4n) is 4.71. The third-order valence-corrected chi connectivity index (χ3v) is 6.05. The minimum atomic E-state index is 0.963. The lowest BCUT2D eigenvalue weighted by molar-refractivity contribution is 0.170. The van der Waals surface area contributed by atoms with E-state index in [4.69, 9.17) is 0 Å². The lowest BCUT2D eigenvalue weighted by Crippen LogP contribution is -2.36. The topological polar surface area (TPSA) is 6.48 Å². The minimum Gasteiger partial charge on any atom is -0.308 e. The lowest BCUT2D eigenvalue weighted by Gasteiger charge is -2.31. The van der Waals surface area contributed by atoms with Crippen molar-refractivity contribution >= 4 is 0 Å². The highest BCUT2D eigenvalue weighted by Gasteiger charge is 2.39. The van der Waals surface area contributed by atoms with Gasteiger partial charge in [0, 0.05) is 26.2 Å². The van der Waals surface area contributed by atoms with Gasteiger partial charge < -0.3 is 4.90 Å². The predicted octanol–water partition coefficient (Wildman–Crippen LogP) is 4.05. The summed E-state index contributed by atoms with van der Waals surface area (Å²) in [5.41, 5.74) is 2.96. The molecule has 3 rings (SSSR count). The van der Waals surface area contributed by atoms with Gasteiger partial charge in [-0.2, -0.15) is 0 Å². The standard InChI is InChI=1S/C21H34N2/c1-4-17-6-5-7-19(12-17)15-23(11-10-22(2)3)16-21-14-18-8-9-20(21)13-18/h5-7,12,18,20-21H,4,8-11,13-16H2,1-3H3. The van der Waals surface area contributed by atoms with Crippen molar-refractivity contribution in [2.45, 2.75) is 45.6 Å². The van der Waals surface area contributed by atoms with Crippen molar-refractivity contribution in [3.05, 3.63) is 35.4 Å². The second-order valence-electron chi connectivity index (χ2n) is 8.15. The number of aryl methyl sites for hydroxylation is 1. The largest absolute Gasteiger partial charge is 0.308 e. The number of hydrogen-bond acceptors (Lipinski definition) is 2. The first-order valence-corrected chi connectivity index (χ1v) is 9.59. The van der Waals surface area contributed by atoms with Gasteiger partial charge >= 0.3 is 0 Å². The van der Waals surface area contributed by atoms with E-state index in [0.29, 0.717) is 0 Å². The maximum atomic E-state index is 2.72. The van der Waals surface area contributed by atoms with E-state index in [1.165, 1.54) is 49.9 Å². The first-order chi connectivity index (χ1) is 11.1. The first kappa shape index (κ1) is 17.0. The second-order valence-corrected chi connectivity index (χ2v) is 8.15. The average Bonchev–Trinajstić information content (AvgIpc) is 3.15. The molecule has 3 unspecified atom stereocenters. The Balaban J connectivity index is 1.62. The van der Waals surface area contributed by atoms with Crippen molar-refractivity contribution in [3.8, 4) is 0 Å². The molecular formula is C21H34N2. The van der Waals surface area contributed by atoms with Gasteiger partial charge in [0.25, 0.3) is 0 Å². The predicted molar refractivity (Wildman–Crippen MR) is 98.6 cm³/mol. The molecule has 2 aliphatic carbocycles. The van der Waals surface area contributed by atoms with Crippen LogP contribution >= 0.6 is 0 Å². The van der Waals surface area contributed by atoms with Crippen LogP contribution in [0, 0.1) is 17.8 Å².